The molecular formula is C14H29N3O2S. The third-order valence-corrected chi connectivity index (χ3v) is 6.20. The van der Waals surface area contributed by atoms with Gasteiger partial charge in [-0.1, -0.05) is 13.3 Å². The van der Waals surface area contributed by atoms with Gasteiger partial charge in [0.05, 0.1) is 0 Å². The highest BCUT2D eigenvalue weighted by molar-refractivity contribution is 7.87. The summed E-state index contributed by atoms with van der Waals surface area (Å²) in [6, 6.07) is 0. The van der Waals surface area contributed by atoms with Gasteiger partial charge in [0.1, 0.15) is 0 Å². The van der Waals surface area contributed by atoms with E-state index >= 15 is 0 Å². The van der Waals surface area contributed by atoms with Crippen LogP contribution >= 0.6 is 0 Å². The lowest BCUT2D eigenvalue weighted by Crippen LogP contribution is -2.48. The van der Waals surface area contributed by atoms with E-state index < -0.39 is 10.2 Å². The maximum atomic E-state index is 12.4. The first-order chi connectivity index (χ1) is 9.51. The molecule has 0 radical (unpaired) electrons. The molecule has 0 amide bonds. The molecule has 1 atom stereocenters. The van der Waals surface area contributed by atoms with Gasteiger partial charge >= 0.3 is 0 Å². The van der Waals surface area contributed by atoms with Gasteiger partial charge in [0.15, 0.2) is 0 Å². The summed E-state index contributed by atoms with van der Waals surface area (Å²) in [5.74, 6) is 0.441. The minimum atomic E-state index is -3.29. The zero-order valence-electron chi connectivity index (χ0n) is 12.8. The van der Waals surface area contributed by atoms with Crippen molar-refractivity contribution in [2.75, 3.05) is 33.2 Å². The maximum Gasteiger partial charge on any atom is 0.279 e. The van der Waals surface area contributed by atoms with Crippen LogP contribution in [0, 0.1) is 11.3 Å². The van der Waals surface area contributed by atoms with Crippen molar-refractivity contribution in [2.24, 2.45) is 11.3 Å². The Bertz CT molecular complexity index is 405. The summed E-state index contributed by atoms with van der Waals surface area (Å²) in [7, 11) is -1.37. The van der Waals surface area contributed by atoms with E-state index in [1.807, 2.05) is 7.05 Å². The molecule has 1 heterocycles. The van der Waals surface area contributed by atoms with Crippen molar-refractivity contribution in [2.45, 2.75) is 45.4 Å². The maximum absolute atomic E-state index is 12.4. The van der Waals surface area contributed by atoms with E-state index in [0.29, 0.717) is 25.6 Å². The van der Waals surface area contributed by atoms with E-state index in [1.54, 1.807) is 4.31 Å². The Labute approximate surface area is 123 Å². The zero-order chi connectivity index (χ0) is 14.6. The van der Waals surface area contributed by atoms with Crippen molar-refractivity contribution in [1.82, 2.24) is 14.3 Å². The van der Waals surface area contributed by atoms with Gasteiger partial charge < -0.3 is 5.32 Å². The Balaban J connectivity index is 1.86. The topological polar surface area (TPSA) is 61.4 Å². The van der Waals surface area contributed by atoms with Gasteiger partial charge in [-0.3, -0.25) is 0 Å². The Hall–Kier alpha value is -0.170. The molecule has 0 spiro atoms. The lowest BCUT2D eigenvalue weighted by atomic mass is 10.00. The van der Waals surface area contributed by atoms with Crippen LogP contribution in [-0.4, -0.2) is 45.9 Å². The van der Waals surface area contributed by atoms with Crippen molar-refractivity contribution in [3.05, 3.63) is 0 Å². The first kappa shape index (κ1) is 16.2. The first-order valence-electron chi connectivity index (χ1n) is 7.91. The molecule has 2 fully saturated rings. The molecule has 1 aliphatic carbocycles. The molecule has 118 valence electrons. The van der Waals surface area contributed by atoms with Gasteiger partial charge in [-0.25, -0.2) is 4.72 Å². The van der Waals surface area contributed by atoms with Gasteiger partial charge in [0.2, 0.25) is 0 Å². The van der Waals surface area contributed by atoms with Gasteiger partial charge in [0, 0.05) is 19.6 Å². The second kappa shape index (κ2) is 6.73. The molecule has 1 saturated carbocycles. The molecule has 0 bridgehead atoms. The van der Waals surface area contributed by atoms with Crippen molar-refractivity contribution < 1.29 is 8.42 Å². The second-order valence-electron chi connectivity index (χ2n) is 6.50. The van der Waals surface area contributed by atoms with Crippen LogP contribution in [0.1, 0.15) is 45.4 Å². The Kier molecular flexibility index (Phi) is 5.45. The number of nitrogens with zero attached hydrogens (tertiary/aromatic N) is 1. The highest BCUT2D eigenvalue weighted by Gasteiger charge is 2.42. The summed E-state index contributed by atoms with van der Waals surface area (Å²) in [5.41, 5.74) is 0.266. The summed E-state index contributed by atoms with van der Waals surface area (Å²) in [6.45, 7) is 5.00. The fourth-order valence-corrected chi connectivity index (χ4v) is 4.71. The van der Waals surface area contributed by atoms with Crippen LogP contribution in [0.2, 0.25) is 0 Å². The molecule has 1 aliphatic heterocycles. The highest BCUT2D eigenvalue weighted by atomic mass is 32.2. The minimum Gasteiger partial charge on any atom is -0.319 e. The van der Waals surface area contributed by atoms with Crippen LogP contribution < -0.4 is 10.0 Å². The Morgan fingerprint density at radius 2 is 2.10 bits per heavy atom. The lowest BCUT2D eigenvalue weighted by molar-refractivity contribution is 0.259. The molecule has 2 aliphatic rings. The van der Waals surface area contributed by atoms with Crippen molar-refractivity contribution in [1.29, 1.82) is 0 Å². The van der Waals surface area contributed by atoms with E-state index in [9.17, 15) is 8.42 Å². The van der Waals surface area contributed by atoms with Gasteiger partial charge in [-0.15, -0.1) is 0 Å². The Morgan fingerprint density at radius 1 is 1.35 bits per heavy atom. The van der Waals surface area contributed by atoms with E-state index in [-0.39, 0.29) is 5.41 Å². The van der Waals surface area contributed by atoms with Crippen LogP contribution in [0.25, 0.3) is 0 Å². The van der Waals surface area contributed by atoms with Crippen molar-refractivity contribution >= 4 is 10.2 Å². The second-order valence-corrected chi connectivity index (χ2v) is 8.26. The number of nitrogens with one attached hydrogen (secondary N) is 2. The van der Waals surface area contributed by atoms with Crippen molar-refractivity contribution in [3.8, 4) is 0 Å². The molecule has 6 heteroatoms. The number of piperidine rings is 1. The van der Waals surface area contributed by atoms with E-state index in [2.05, 4.69) is 17.0 Å². The SMILES string of the molecule is CCCC1(CNS(=O)(=O)N2CCCC(CNC)C2)CC1. The Morgan fingerprint density at radius 3 is 2.70 bits per heavy atom. The summed E-state index contributed by atoms with van der Waals surface area (Å²) >= 11 is 0. The standard InChI is InChI=1S/C14H29N3O2S/c1-3-6-14(7-8-14)12-16-20(18,19)17-9-4-5-13(11-17)10-15-2/h13,15-16H,3-12H2,1-2H3. The number of hydrogen-bond donors (Lipinski definition) is 2. The summed E-state index contributed by atoms with van der Waals surface area (Å²) in [6.07, 6.45) is 6.70. The smallest absolute Gasteiger partial charge is 0.279 e. The normalized spacial score (nSPS) is 26.6. The molecule has 20 heavy (non-hydrogen) atoms. The first-order valence-corrected chi connectivity index (χ1v) is 9.35. The van der Waals surface area contributed by atoms with E-state index in [1.165, 1.54) is 12.8 Å². The monoisotopic (exact) mass is 303 g/mol. The van der Waals surface area contributed by atoms with Gasteiger partial charge in [-0.05, 0) is 57.0 Å². The predicted molar refractivity (Wildman–Crippen MR) is 81.7 cm³/mol. The quantitative estimate of drug-likeness (QED) is 0.711. The van der Waals surface area contributed by atoms with Gasteiger partial charge in [0.25, 0.3) is 10.2 Å². The highest BCUT2D eigenvalue weighted by Crippen LogP contribution is 2.49. The predicted octanol–water partition coefficient (Wildman–Crippen LogP) is 1.33. The molecule has 1 unspecified atom stereocenters. The third-order valence-electron chi connectivity index (χ3n) is 4.68. The van der Waals surface area contributed by atoms with Crippen LogP contribution in [0.4, 0.5) is 0 Å². The molecule has 5 nitrogen and oxygen atoms in total. The van der Waals surface area contributed by atoms with Crippen LogP contribution in [0.3, 0.4) is 0 Å². The molecule has 0 aromatic carbocycles. The molecule has 2 N–H and O–H groups in total. The fourth-order valence-electron chi connectivity index (χ4n) is 3.26. The fraction of sp³-hybridized carbons (Fsp3) is 1.00. The zero-order valence-corrected chi connectivity index (χ0v) is 13.6. The van der Waals surface area contributed by atoms with Crippen LogP contribution in [0.5, 0.6) is 0 Å². The van der Waals surface area contributed by atoms with E-state index in [0.717, 1.165) is 32.2 Å². The lowest BCUT2D eigenvalue weighted by Gasteiger charge is -2.32. The minimum absolute atomic E-state index is 0.266. The van der Waals surface area contributed by atoms with Crippen molar-refractivity contribution in [3.63, 3.8) is 0 Å². The molecule has 2 rings (SSSR count). The molecular weight excluding hydrogens is 274 g/mol. The molecule has 1 saturated heterocycles. The molecule has 0 aromatic heterocycles. The average Bonchev–Trinajstić information content (AvgIpc) is 3.18. The summed E-state index contributed by atoms with van der Waals surface area (Å²) < 4.78 is 29.3. The van der Waals surface area contributed by atoms with Gasteiger partial charge in [-0.2, -0.15) is 12.7 Å². The third kappa shape index (κ3) is 4.16. The number of rotatable bonds is 8. The summed E-state index contributed by atoms with van der Waals surface area (Å²) in [5, 5.41) is 3.15. The molecule has 0 aromatic rings. The summed E-state index contributed by atoms with van der Waals surface area (Å²) in [4.78, 5) is 0. The number of hydrogen-bond acceptors (Lipinski definition) is 3. The largest absolute Gasteiger partial charge is 0.319 e. The van der Waals surface area contributed by atoms with Crippen LogP contribution in [0.15, 0.2) is 0 Å². The average molecular weight is 303 g/mol. The van der Waals surface area contributed by atoms with E-state index in [4.69, 9.17) is 0 Å². The van der Waals surface area contributed by atoms with Crippen LogP contribution in [-0.2, 0) is 10.2 Å².